The number of aliphatic hydroxyl groups excluding tert-OH is 1. The first-order chi connectivity index (χ1) is 10.9. The summed E-state index contributed by atoms with van der Waals surface area (Å²) in [6.07, 6.45) is -0.616. The molecular formula is C19H23NO3. The molecule has 0 spiro atoms. The minimum atomic E-state index is -0.616. The smallest absolute Gasteiger partial charge is 0.267 e. The van der Waals surface area contributed by atoms with Crippen LogP contribution in [-0.4, -0.2) is 24.2 Å². The fraction of sp³-hybridized carbons (Fsp3) is 0.316. The molecule has 0 saturated carbocycles. The molecule has 0 aliphatic carbocycles. The molecule has 1 unspecified atom stereocenters. The maximum absolute atomic E-state index is 12.6. The van der Waals surface area contributed by atoms with Crippen LogP contribution in [0.2, 0.25) is 0 Å². The van der Waals surface area contributed by atoms with Crippen LogP contribution in [0.1, 0.15) is 23.6 Å². The highest BCUT2D eigenvalue weighted by atomic mass is 16.5. The van der Waals surface area contributed by atoms with Crippen LogP contribution in [0.5, 0.6) is 5.75 Å². The number of hydrogen-bond donors (Lipinski definition) is 1. The van der Waals surface area contributed by atoms with Gasteiger partial charge in [0, 0.05) is 12.7 Å². The van der Waals surface area contributed by atoms with E-state index in [9.17, 15) is 4.79 Å². The lowest BCUT2D eigenvalue weighted by molar-refractivity contribution is -0.124. The number of likely N-dealkylation sites (N-methyl/N-ethyl adjacent to an activating group) is 1. The zero-order valence-electron chi connectivity index (χ0n) is 14.0. The summed E-state index contributed by atoms with van der Waals surface area (Å²) in [6.45, 7) is 5.69. The molecule has 1 N–H and O–H groups in total. The molecule has 1 atom stereocenters. The average Bonchev–Trinajstić information content (AvgIpc) is 2.52. The number of benzene rings is 2. The second kappa shape index (κ2) is 7.29. The van der Waals surface area contributed by atoms with E-state index < -0.39 is 6.10 Å². The number of nitrogens with zero attached hydrogens (tertiary/aromatic N) is 1. The predicted octanol–water partition coefficient (Wildman–Crippen LogP) is 3.23. The Morgan fingerprint density at radius 3 is 2.43 bits per heavy atom. The molecule has 0 radical (unpaired) electrons. The van der Waals surface area contributed by atoms with Gasteiger partial charge in [0.15, 0.2) is 6.10 Å². The second-order valence-corrected chi connectivity index (χ2v) is 5.81. The van der Waals surface area contributed by atoms with Crippen molar-refractivity contribution in [2.45, 2.75) is 33.5 Å². The van der Waals surface area contributed by atoms with Crippen LogP contribution in [-0.2, 0) is 11.4 Å². The van der Waals surface area contributed by atoms with Gasteiger partial charge < -0.3 is 14.7 Å². The molecule has 0 aliphatic heterocycles. The summed E-state index contributed by atoms with van der Waals surface area (Å²) < 4.78 is 5.72. The minimum Gasteiger partial charge on any atom is -0.481 e. The van der Waals surface area contributed by atoms with Crippen molar-refractivity contribution in [2.24, 2.45) is 0 Å². The SMILES string of the molecule is Cc1cc(C)cc(N(C)C(=O)C(C)Oc2cccc(CO)c2)c1. The number of rotatable bonds is 5. The number of anilines is 1. The lowest BCUT2D eigenvalue weighted by Crippen LogP contribution is -2.38. The fourth-order valence-electron chi connectivity index (χ4n) is 2.52. The summed E-state index contributed by atoms with van der Waals surface area (Å²) in [4.78, 5) is 14.2. The molecule has 0 saturated heterocycles. The quantitative estimate of drug-likeness (QED) is 0.922. The first-order valence-electron chi connectivity index (χ1n) is 7.63. The maximum Gasteiger partial charge on any atom is 0.267 e. The van der Waals surface area contributed by atoms with E-state index in [4.69, 9.17) is 9.84 Å². The molecule has 4 heteroatoms. The van der Waals surface area contributed by atoms with Gasteiger partial charge in [-0.05, 0) is 61.7 Å². The molecule has 2 aromatic rings. The monoisotopic (exact) mass is 313 g/mol. The summed E-state index contributed by atoms with van der Waals surface area (Å²) in [5, 5.41) is 9.16. The topological polar surface area (TPSA) is 49.8 Å². The van der Waals surface area contributed by atoms with E-state index >= 15 is 0 Å². The molecule has 0 aromatic heterocycles. The van der Waals surface area contributed by atoms with Crippen molar-refractivity contribution in [2.75, 3.05) is 11.9 Å². The van der Waals surface area contributed by atoms with Gasteiger partial charge >= 0.3 is 0 Å². The Labute approximate surface area is 137 Å². The first kappa shape index (κ1) is 17.0. The van der Waals surface area contributed by atoms with Crippen LogP contribution in [0.3, 0.4) is 0 Å². The molecule has 1 amide bonds. The van der Waals surface area contributed by atoms with Crippen molar-refractivity contribution < 1.29 is 14.6 Å². The van der Waals surface area contributed by atoms with Gasteiger partial charge in [-0.25, -0.2) is 0 Å². The van der Waals surface area contributed by atoms with Gasteiger partial charge in [0.1, 0.15) is 5.75 Å². The summed E-state index contributed by atoms with van der Waals surface area (Å²) >= 11 is 0. The molecular weight excluding hydrogens is 290 g/mol. The lowest BCUT2D eigenvalue weighted by Gasteiger charge is -2.23. The Morgan fingerprint density at radius 2 is 1.83 bits per heavy atom. The normalized spacial score (nSPS) is 11.9. The van der Waals surface area contributed by atoms with Gasteiger partial charge in [-0.15, -0.1) is 0 Å². The number of carbonyl (C=O) groups is 1. The third kappa shape index (κ3) is 4.33. The van der Waals surface area contributed by atoms with E-state index in [1.54, 1.807) is 43.1 Å². The van der Waals surface area contributed by atoms with Gasteiger partial charge in [0.05, 0.1) is 6.61 Å². The van der Waals surface area contributed by atoms with Crippen LogP contribution in [0.15, 0.2) is 42.5 Å². The Morgan fingerprint density at radius 1 is 1.17 bits per heavy atom. The van der Waals surface area contributed by atoms with E-state index in [1.807, 2.05) is 26.0 Å². The second-order valence-electron chi connectivity index (χ2n) is 5.81. The molecule has 0 fully saturated rings. The summed E-state index contributed by atoms with van der Waals surface area (Å²) in [7, 11) is 1.75. The Bertz CT molecular complexity index is 677. The van der Waals surface area contributed by atoms with Gasteiger partial charge in [0.25, 0.3) is 5.91 Å². The lowest BCUT2D eigenvalue weighted by atomic mass is 10.1. The van der Waals surface area contributed by atoms with Gasteiger partial charge in [-0.3, -0.25) is 4.79 Å². The van der Waals surface area contributed by atoms with Crippen molar-refractivity contribution in [3.63, 3.8) is 0 Å². The van der Waals surface area contributed by atoms with E-state index in [-0.39, 0.29) is 12.5 Å². The zero-order chi connectivity index (χ0) is 17.0. The molecule has 0 heterocycles. The van der Waals surface area contributed by atoms with Crippen molar-refractivity contribution in [1.29, 1.82) is 0 Å². The summed E-state index contributed by atoms with van der Waals surface area (Å²) in [5.74, 6) is 0.454. The number of aryl methyl sites for hydroxylation is 2. The average molecular weight is 313 g/mol. The van der Waals surface area contributed by atoms with Gasteiger partial charge in [-0.2, -0.15) is 0 Å². The molecule has 122 valence electrons. The number of ether oxygens (including phenoxy) is 1. The fourth-order valence-corrected chi connectivity index (χ4v) is 2.52. The van der Waals surface area contributed by atoms with E-state index in [0.717, 1.165) is 22.4 Å². The minimum absolute atomic E-state index is 0.0536. The third-order valence-electron chi connectivity index (χ3n) is 3.67. The highest BCUT2D eigenvalue weighted by Crippen LogP contribution is 2.20. The molecule has 2 aromatic carbocycles. The number of carbonyl (C=O) groups excluding carboxylic acids is 1. The van der Waals surface area contributed by atoms with Crippen molar-refractivity contribution >= 4 is 11.6 Å². The van der Waals surface area contributed by atoms with Crippen LogP contribution < -0.4 is 9.64 Å². The highest BCUT2D eigenvalue weighted by molar-refractivity contribution is 5.96. The van der Waals surface area contributed by atoms with E-state index in [0.29, 0.717) is 5.75 Å². The number of amides is 1. The number of hydrogen-bond acceptors (Lipinski definition) is 3. The van der Waals surface area contributed by atoms with Crippen molar-refractivity contribution in [1.82, 2.24) is 0 Å². The summed E-state index contributed by atoms with van der Waals surface area (Å²) in [5.41, 5.74) is 3.84. The Kier molecular flexibility index (Phi) is 5.40. The Balaban J connectivity index is 2.11. The maximum atomic E-state index is 12.6. The first-order valence-corrected chi connectivity index (χ1v) is 7.63. The molecule has 0 bridgehead atoms. The molecule has 23 heavy (non-hydrogen) atoms. The molecule has 0 aliphatic rings. The largest absolute Gasteiger partial charge is 0.481 e. The van der Waals surface area contributed by atoms with E-state index in [2.05, 4.69) is 6.07 Å². The van der Waals surface area contributed by atoms with Gasteiger partial charge in [0.2, 0.25) is 0 Å². The van der Waals surface area contributed by atoms with Crippen LogP contribution in [0, 0.1) is 13.8 Å². The van der Waals surface area contributed by atoms with E-state index in [1.165, 1.54) is 0 Å². The van der Waals surface area contributed by atoms with Crippen molar-refractivity contribution in [3.8, 4) is 5.75 Å². The summed E-state index contributed by atoms with van der Waals surface area (Å²) in [6, 6.07) is 13.1. The highest BCUT2D eigenvalue weighted by Gasteiger charge is 2.20. The zero-order valence-corrected chi connectivity index (χ0v) is 14.0. The van der Waals surface area contributed by atoms with Crippen molar-refractivity contribution in [3.05, 3.63) is 59.2 Å². The molecule has 2 rings (SSSR count). The van der Waals surface area contributed by atoms with Crippen LogP contribution >= 0.6 is 0 Å². The molecule has 4 nitrogen and oxygen atoms in total. The Hall–Kier alpha value is -2.33. The number of aliphatic hydroxyl groups is 1. The van der Waals surface area contributed by atoms with Crippen LogP contribution in [0.25, 0.3) is 0 Å². The van der Waals surface area contributed by atoms with Gasteiger partial charge in [-0.1, -0.05) is 18.2 Å². The van der Waals surface area contributed by atoms with Crippen LogP contribution in [0.4, 0.5) is 5.69 Å². The standard InChI is InChI=1S/C19H23NO3/c1-13-8-14(2)10-17(9-13)20(4)19(22)15(3)23-18-7-5-6-16(11-18)12-21/h5-11,15,21H,12H2,1-4H3. The third-order valence-corrected chi connectivity index (χ3v) is 3.67. The predicted molar refractivity (Wildman–Crippen MR) is 91.8 cm³/mol.